The molecule has 30 heavy (non-hydrogen) atoms. The number of halogens is 1. The molecule has 0 spiro atoms. The van der Waals surface area contributed by atoms with Gasteiger partial charge < -0.3 is 5.32 Å². The van der Waals surface area contributed by atoms with Gasteiger partial charge >= 0.3 is 0 Å². The van der Waals surface area contributed by atoms with Crippen LogP contribution in [0, 0.1) is 0 Å². The Balaban J connectivity index is 0.00000841. The van der Waals surface area contributed by atoms with Crippen molar-refractivity contribution in [3.8, 4) is 0 Å². The molecule has 176 valence electrons. The lowest BCUT2D eigenvalue weighted by atomic mass is 10.0. The molecule has 1 nitrogen and oxygen atoms in total. The van der Waals surface area contributed by atoms with Crippen LogP contribution in [0.5, 0.6) is 0 Å². The minimum absolute atomic E-state index is 0. The highest BCUT2D eigenvalue weighted by Gasteiger charge is 1.96. The fourth-order valence-corrected chi connectivity index (χ4v) is 4.15. The molecule has 0 aliphatic carbocycles. The number of rotatable bonds is 22. The van der Waals surface area contributed by atoms with Crippen LogP contribution in [0.4, 0.5) is 0 Å². The zero-order chi connectivity index (χ0) is 20.7. The van der Waals surface area contributed by atoms with Gasteiger partial charge in [-0.15, -0.1) is 12.4 Å². The van der Waals surface area contributed by atoms with Gasteiger partial charge in [0, 0.05) is 0 Å². The summed E-state index contributed by atoms with van der Waals surface area (Å²) in [4.78, 5) is 0. The summed E-state index contributed by atoms with van der Waals surface area (Å²) in [7, 11) is 0. The summed E-state index contributed by atoms with van der Waals surface area (Å²) in [5.74, 6) is 0. The van der Waals surface area contributed by atoms with Crippen molar-refractivity contribution in [1.29, 1.82) is 0 Å². The second kappa shape index (κ2) is 24.7. The van der Waals surface area contributed by atoms with Crippen molar-refractivity contribution in [2.24, 2.45) is 0 Å². The Labute approximate surface area is 195 Å². The molecule has 0 atom stereocenters. The molecule has 0 aliphatic rings. The highest BCUT2D eigenvalue weighted by molar-refractivity contribution is 5.85. The maximum absolute atomic E-state index is 3.59. The maximum Gasteiger partial charge on any atom is -0.000835 e. The lowest BCUT2D eigenvalue weighted by Crippen LogP contribution is -2.18. The van der Waals surface area contributed by atoms with Gasteiger partial charge in [-0.2, -0.15) is 0 Å². The Hall–Kier alpha value is -0.530. The predicted molar refractivity (Wildman–Crippen MR) is 139 cm³/mol. The van der Waals surface area contributed by atoms with E-state index in [4.69, 9.17) is 0 Å². The minimum atomic E-state index is 0. The third kappa shape index (κ3) is 20.7. The van der Waals surface area contributed by atoms with E-state index in [9.17, 15) is 0 Å². The minimum Gasteiger partial charge on any atom is -0.316 e. The first-order valence-electron chi connectivity index (χ1n) is 13.2. The van der Waals surface area contributed by atoms with E-state index in [2.05, 4.69) is 42.6 Å². The third-order valence-corrected chi connectivity index (χ3v) is 6.14. The van der Waals surface area contributed by atoms with Gasteiger partial charge in [-0.3, -0.25) is 0 Å². The summed E-state index contributed by atoms with van der Waals surface area (Å²) in [6.07, 6.45) is 27.2. The molecule has 1 rings (SSSR count). The van der Waals surface area contributed by atoms with Gasteiger partial charge in [0.15, 0.2) is 0 Å². The SMILES string of the molecule is CCCCCCCCCCCCCCCCCCCCNCCc1ccccc1.Cl. The number of unbranched alkanes of at least 4 members (excludes halogenated alkanes) is 17. The maximum atomic E-state index is 3.59. The van der Waals surface area contributed by atoms with Crippen molar-refractivity contribution in [2.75, 3.05) is 13.1 Å². The molecule has 0 fully saturated rings. The lowest BCUT2D eigenvalue weighted by molar-refractivity contribution is 0.522. The van der Waals surface area contributed by atoms with E-state index >= 15 is 0 Å². The standard InChI is InChI=1S/C28H51N.ClH/c1-2-3-4-5-6-7-8-9-10-11-12-13-14-15-16-17-18-22-26-29-27-25-28-23-20-19-21-24-28;/h19-21,23-24,29H,2-18,22,25-27H2,1H3;1H. The van der Waals surface area contributed by atoms with Crippen LogP contribution in [0.1, 0.15) is 128 Å². The average molecular weight is 438 g/mol. The number of nitrogens with one attached hydrogen (secondary N) is 1. The first-order chi connectivity index (χ1) is 14.4. The molecule has 1 N–H and O–H groups in total. The van der Waals surface area contributed by atoms with E-state index in [-0.39, 0.29) is 12.4 Å². The van der Waals surface area contributed by atoms with Crippen LogP contribution in [-0.4, -0.2) is 13.1 Å². The second-order valence-electron chi connectivity index (χ2n) is 9.00. The summed E-state index contributed by atoms with van der Waals surface area (Å²) in [6, 6.07) is 10.8. The van der Waals surface area contributed by atoms with Gasteiger partial charge in [-0.25, -0.2) is 0 Å². The number of hydrogen-bond acceptors (Lipinski definition) is 1. The van der Waals surface area contributed by atoms with Crippen LogP contribution in [0.2, 0.25) is 0 Å². The first-order valence-corrected chi connectivity index (χ1v) is 13.2. The number of hydrogen-bond donors (Lipinski definition) is 1. The van der Waals surface area contributed by atoms with Crippen molar-refractivity contribution in [1.82, 2.24) is 5.32 Å². The van der Waals surface area contributed by atoms with E-state index in [1.54, 1.807) is 0 Å². The molecular weight excluding hydrogens is 386 g/mol. The van der Waals surface area contributed by atoms with Gasteiger partial charge in [0.25, 0.3) is 0 Å². The Morgan fingerprint density at radius 2 is 0.900 bits per heavy atom. The van der Waals surface area contributed by atoms with E-state index in [0.717, 1.165) is 13.0 Å². The zero-order valence-electron chi connectivity index (χ0n) is 20.1. The summed E-state index contributed by atoms with van der Waals surface area (Å²) < 4.78 is 0. The van der Waals surface area contributed by atoms with Crippen LogP contribution in [0.3, 0.4) is 0 Å². The smallest absolute Gasteiger partial charge is 0.000835 e. The molecule has 1 aromatic rings. The van der Waals surface area contributed by atoms with Crippen LogP contribution >= 0.6 is 12.4 Å². The largest absolute Gasteiger partial charge is 0.316 e. The molecule has 0 unspecified atom stereocenters. The Morgan fingerprint density at radius 1 is 0.500 bits per heavy atom. The van der Waals surface area contributed by atoms with Gasteiger partial charge in [0.2, 0.25) is 0 Å². The van der Waals surface area contributed by atoms with Crippen LogP contribution < -0.4 is 5.32 Å². The fourth-order valence-electron chi connectivity index (χ4n) is 4.15. The van der Waals surface area contributed by atoms with E-state index in [0.29, 0.717) is 0 Å². The Morgan fingerprint density at radius 3 is 1.33 bits per heavy atom. The summed E-state index contributed by atoms with van der Waals surface area (Å²) in [5, 5.41) is 3.59. The van der Waals surface area contributed by atoms with E-state index in [1.165, 1.54) is 128 Å². The molecule has 0 radical (unpaired) electrons. The molecular formula is C28H52ClN. The molecule has 0 aromatic heterocycles. The molecule has 0 bridgehead atoms. The third-order valence-electron chi connectivity index (χ3n) is 6.14. The van der Waals surface area contributed by atoms with Crippen molar-refractivity contribution < 1.29 is 0 Å². The van der Waals surface area contributed by atoms with Crippen molar-refractivity contribution in [3.63, 3.8) is 0 Å². The van der Waals surface area contributed by atoms with Gasteiger partial charge in [0.1, 0.15) is 0 Å². The monoisotopic (exact) mass is 437 g/mol. The average Bonchev–Trinajstić information content (AvgIpc) is 2.75. The number of benzene rings is 1. The second-order valence-corrected chi connectivity index (χ2v) is 9.00. The quantitative estimate of drug-likeness (QED) is 0.178. The molecule has 2 heteroatoms. The normalized spacial score (nSPS) is 10.8. The van der Waals surface area contributed by atoms with Crippen molar-refractivity contribution >= 4 is 12.4 Å². The van der Waals surface area contributed by atoms with Crippen LogP contribution in [0.15, 0.2) is 30.3 Å². The van der Waals surface area contributed by atoms with Crippen LogP contribution in [0.25, 0.3) is 0 Å². The molecule has 0 saturated heterocycles. The van der Waals surface area contributed by atoms with Gasteiger partial charge in [0.05, 0.1) is 0 Å². The lowest BCUT2D eigenvalue weighted by Gasteiger charge is -2.05. The topological polar surface area (TPSA) is 12.0 Å². The summed E-state index contributed by atoms with van der Waals surface area (Å²) in [5.41, 5.74) is 1.44. The van der Waals surface area contributed by atoms with Gasteiger partial charge in [-0.1, -0.05) is 146 Å². The predicted octanol–water partition coefficient (Wildman–Crippen LogP) is 9.28. The molecule has 0 heterocycles. The van der Waals surface area contributed by atoms with Crippen molar-refractivity contribution in [3.05, 3.63) is 35.9 Å². The fraction of sp³-hybridized carbons (Fsp3) is 0.786. The molecule has 0 saturated carbocycles. The highest BCUT2D eigenvalue weighted by Crippen LogP contribution is 2.14. The Kier molecular flexibility index (Phi) is 24.3. The van der Waals surface area contributed by atoms with Crippen LogP contribution in [-0.2, 0) is 6.42 Å². The van der Waals surface area contributed by atoms with E-state index in [1.807, 2.05) is 0 Å². The Bertz CT molecular complexity index is 420. The molecule has 0 aliphatic heterocycles. The first kappa shape index (κ1) is 29.5. The van der Waals surface area contributed by atoms with E-state index < -0.39 is 0 Å². The molecule has 1 aromatic carbocycles. The van der Waals surface area contributed by atoms with Crippen molar-refractivity contribution in [2.45, 2.75) is 129 Å². The molecule has 0 amide bonds. The van der Waals surface area contributed by atoms with Gasteiger partial charge in [-0.05, 0) is 31.5 Å². The summed E-state index contributed by atoms with van der Waals surface area (Å²) in [6.45, 7) is 4.60. The highest BCUT2D eigenvalue weighted by atomic mass is 35.5. The zero-order valence-corrected chi connectivity index (χ0v) is 21.0. The summed E-state index contributed by atoms with van der Waals surface area (Å²) >= 11 is 0.